The van der Waals surface area contributed by atoms with E-state index in [1.54, 1.807) is 29.2 Å². The molecule has 46 heavy (non-hydrogen) atoms. The number of benzene rings is 1. The van der Waals surface area contributed by atoms with Crippen LogP contribution in [0, 0.1) is 11.3 Å². The number of nitrogens with zero attached hydrogens (tertiary/aromatic N) is 7. The van der Waals surface area contributed by atoms with E-state index in [1.807, 2.05) is 13.8 Å². The number of fused-ring (bicyclic) bond motifs is 1. The fraction of sp³-hybridized carbons (Fsp3) is 0.345. The third-order valence-corrected chi connectivity index (χ3v) is 7.08. The third kappa shape index (κ3) is 7.58. The second-order valence-corrected chi connectivity index (χ2v) is 10.2. The number of aromatic nitrogens is 5. The lowest BCUT2D eigenvalue weighted by molar-refractivity contribution is -0.141. The molecule has 17 heteroatoms. The van der Waals surface area contributed by atoms with Gasteiger partial charge >= 0.3 is 6.18 Å². The standard InChI is InChI=1S/C28H29F3N10O2.CH2O2/c1-3-18-12-19(4-5-20(18)27(43)36-14-23(42)39-10-7-33-17(2)15-39)37-25-26-35-13-22(41(26)11-8-34-25)21-16-40(9-6-32)38-24(21)28(29,30)31;2-1-3/h4-5,8,11-13,16-17,33H,3,7,9-10,14-15H2,1-2H3,(H,34,37)(H,36,43);1H,(H,2,3). The Balaban J connectivity index is 0.00000154. The van der Waals surface area contributed by atoms with Gasteiger partial charge < -0.3 is 26.0 Å². The van der Waals surface area contributed by atoms with Gasteiger partial charge in [-0.05, 0) is 37.1 Å². The molecule has 1 unspecified atom stereocenters. The minimum atomic E-state index is -4.74. The number of carbonyl (C=O) groups is 3. The summed E-state index contributed by atoms with van der Waals surface area (Å²) >= 11 is 0. The molecule has 1 atom stereocenters. The molecule has 1 saturated heterocycles. The number of rotatable bonds is 8. The van der Waals surface area contributed by atoms with Crippen molar-refractivity contribution < 1.29 is 32.7 Å². The van der Waals surface area contributed by atoms with Gasteiger partial charge in [0.05, 0.1) is 30.1 Å². The molecular weight excluding hydrogens is 609 g/mol. The Hall–Kier alpha value is -5.50. The van der Waals surface area contributed by atoms with E-state index >= 15 is 0 Å². The van der Waals surface area contributed by atoms with Crippen LogP contribution in [0.3, 0.4) is 0 Å². The highest BCUT2D eigenvalue weighted by Crippen LogP contribution is 2.37. The van der Waals surface area contributed by atoms with Crippen LogP contribution in [0.5, 0.6) is 0 Å². The summed E-state index contributed by atoms with van der Waals surface area (Å²) in [5.41, 5.74) is 0.784. The molecule has 3 aromatic heterocycles. The fourth-order valence-electron chi connectivity index (χ4n) is 5.02. The number of aryl methyl sites for hydroxylation is 1. The van der Waals surface area contributed by atoms with Crippen LogP contribution in [0.4, 0.5) is 24.7 Å². The maximum absolute atomic E-state index is 13.7. The highest BCUT2D eigenvalue weighted by molar-refractivity contribution is 5.98. The molecule has 14 nitrogen and oxygen atoms in total. The average Bonchev–Trinajstić information content (AvgIpc) is 3.65. The van der Waals surface area contributed by atoms with Gasteiger partial charge in [-0.1, -0.05) is 6.92 Å². The summed E-state index contributed by atoms with van der Waals surface area (Å²) in [6, 6.07) is 7.08. The van der Waals surface area contributed by atoms with Crippen molar-refractivity contribution in [2.24, 2.45) is 0 Å². The van der Waals surface area contributed by atoms with Gasteiger partial charge in [0.25, 0.3) is 12.4 Å². The molecule has 5 rings (SSSR count). The van der Waals surface area contributed by atoms with Crippen molar-refractivity contribution in [1.82, 2.24) is 39.7 Å². The number of amides is 2. The Bertz CT molecular complexity index is 1760. The summed E-state index contributed by atoms with van der Waals surface area (Å²) in [4.78, 5) is 44.2. The van der Waals surface area contributed by atoms with E-state index in [4.69, 9.17) is 15.2 Å². The van der Waals surface area contributed by atoms with E-state index < -0.39 is 11.9 Å². The predicted molar refractivity (Wildman–Crippen MR) is 159 cm³/mol. The number of anilines is 2. The molecule has 4 heterocycles. The molecule has 0 radical (unpaired) electrons. The van der Waals surface area contributed by atoms with Crippen molar-refractivity contribution in [2.75, 3.05) is 31.5 Å². The first kappa shape index (κ1) is 33.4. The molecular formula is C29H31F3N10O4. The Morgan fingerprint density at radius 3 is 2.72 bits per heavy atom. The van der Waals surface area contributed by atoms with Crippen molar-refractivity contribution in [3.63, 3.8) is 0 Å². The topological polar surface area (TPSA) is 183 Å². The number of hydrogen-bond donors (Lipinski definition) is 4. The highest BCUT2D eigenvalue weighted by Gasteiger charge is 2.38. The lowest BCUT2D eigenvalue weighted by Crippen LogP contribution is -2.53. The number of halogens is 3. The molecule has 4 aromatic rings. The quantitative estimate of drug-likeness (QED) is 0.209. The number of nitrogens with one attached hydrogen (secondary N) is 3. The number of imidazole rings is 1. The van der Waals surface area contributed by atoms with Gasteiger partial charge in [0.2, 0.25) is 5.91 Å². The van der Waals surface area contributed by atoms with Crippen LogP contribution >= 0.6 is 0 Å². The zero-order valence-electron chi connectivity index (χ0n) is 24.9. The van der Waals surface area contributed by atoms with E-state index in [1.165, 1.54) is 23.0 Å². The van der Waals surface area contributed by atoms with Gasteiger partial charge in [0.1, 0.15) is 6.54 Å². The maximum atomic E-state index is 13.7. The largest absolute Gasteiger partial charge is 0.483 e. The van der Waals surface area contributed by atoms with Crippen LogP contribution in [0.25, 0.3) is 16.9 Å². The molecule has 0 bridgehead atoms. The second kappa shape index (κ2) is 14.5. The van der Waals surface area contributed by atoms with Crippen LogP contribution in [0.2, 0.25) is 0 Å². The maximum Gasteiger partial charge on any atom is 0.435 e. The van der Waals surface area contributed by atoms with Gasteiger partial charge in [-0.25, -0.2) is 9.97 Å². The van der Waals surface area contributed by atoms with Crippen LogP contribution in [-0.4, -0.2) is 84.7 Å². The fourth-order valence-corrected chi connectivity index (χ4v) is 5.02. The molecule has 0 spiro atoms. The number of hydrogen-bond acceptors (Lipinski definition) is 9. The molecule has 2 amide bonds. The number of alkyl halides is 3. The first-order valence-corrected chi connectivity index (χ1v) is 14.1. The van der Waals surface area contributed by atoms with Crippen molar-refractivity contribution in [2.45, 2.75) is 39.0 Å². The first-order valence-electron chi connectivity index (χ1n) is 14.1. The minimum absolute atomic E-state index is 0.103. The van der Waals surface area contributed by atoms with Crippen LogP contribution < -0.4 is 16.0 Å². The summed E-state index contributed by atoms with van der Waals surface area (Å²) in [6.07, 6.45) is 1.15. The summed E-state index contributed by atoms with van der Waals surface area (Å²) in [7, 11) is 0. The summed E-state index contributed by atoms with van der Waals surface area (Å²) in [5.74, 6) is -0.228. The van der Waals surface area contributed by atoms with Crippen molar-refractivity contribution >= 4 is 35.4 Å². The normalized spacial score (nSPS) is 14.6. The average molecular weight is 641 g/mol. The molecule has 1 aliphatic rings. The van der Waals surface area contributed by atoms with E-state index in [9.17, 15) is 22.8 Å². The zero-order chi connectivity index (χ0) is 33.4. The molecule has 0 saturated carbocycles. The summed E-state index contributed by atoms with van der Waals surface area (Å²) in [6.45, 7) is 5.09. The van der Waals surface area contributed by atoms with Gasteiger partial charge in [-0.2, -0.15) is 23.5 Å². The van der Waals surface area contributed by atoms with E-state index in [-0.39, 0.29) is 60.1 Å². The number of nitriles is 1. The SMILES string of the molecule is CCc1cc(Nc2nccn3c(-c4cn(CC#N)nc4C(F)(F)F)cnc23)ccc1C(=O)NCC(=O)N1CCNC(C)C1.O=CO. The lowest BCUT2D eigenvalue weighted by atomic mass is 10.0. The molecule has 242 valence electrons. The van der Waals surface area contributed by atoms with Gasteiger partial charge in [0, 0.05) is 55.5 Å². The Morgan fingerprint density at radius 2 is 2.04 bits per heavy atom. The van der Waals surface area contributed by atoms with Gasteiger partial charge in [-0.15, -0.1) is 0 Å². The summed E-state index contributed by atoms with van der Waals surface area (Å²) < 4.78 is 43.6. The molecule has 1 aliphatic heterocycles. The minimum Gasteiger partial charge on any atom is -0.483 e. The lowest BCUT2D eigenvalue weighted by Gasteiger charge is -2.32. The number of piperazine rings is 1. The van der Waals surface area contributed by atoms with Crippen LogP contribution in [0.15, 0.2) is 43.0 Å². The molecule has 1 aromatic carbocycles. The Morgan fingerprint density at radius 1 is 1.28 bits per heavy atom. The van der Waals surface area contributed by atoms with Crippen LogP contribution in [0.1, 0.15) is 35.5 Å². The van der Waals surface area contributed by atoms with E-state index in [2.05, 4.69) is 31.0 Å². The zero-order valence-corrected chi connectivity index (χ0v) is 24.9. The number of carboxylic acid groups (broad SMARTS) is 1. The van der Waals surface area contributed by atoms with Crippen LogP contribution in [-0.2, 0) is 28.7 Å². The highest BCUT2D eigenvalue weighted by atomic mass is 19.4. The van der Waals surface area contributed by atoms with E-state index in [0.29, 0.717) is 37.3 Å². The monoisotopic (exact) mass is 640 g/mol. The molecule has 4 N–H and O–H groups in total. The number of carbonyl (C=O) groups excluding carboxylic acids is 2. The third-order valence-electron chi connectivity index (χ3n) is 7.08. The van der Waals surface area contributed by atoms with E-state index in [0.717, 1.165) is 16.4 Å². The van der Waals surface area contributed by atoms with Gasteiger partial charge in [0.15, 0.2) is 17.2 Å². The first-order chi connectivity index (χ1) is 22.0. The second-order valence-electron chi connectivity index (χ2n) is 10.2. The molecule has 0 aliphatic carbocycles. The van der Waals surface area contributed by atoms with Crippen molar-refractivity contribution in [1.29, 1.82) is 5.26 Å². The summed E-state index contributed by atoms with van der Waals surface area (Å²) in [5, 5.41) is 28.5. The Kier molecular flexibility index (Phi) is 10.5. The predicted octanol–water partition coefficient (Wildman–Crippen LogP) is 2.69. The van der Waals surface area contributed by atoms with Crippen molar-refractivity contribution in [3.8, 4) is 17.3 Å². The van der Waals surface area contributed by atoms with Gasteiger partial charge in [-0.3, -0.25) is 23.5 Å². The van der Waals surface area contributed by atoms with Crippen molar-refractivity contribution in [3.05, 3.63) is 59.8 Å². The smallest absolute Gasteiger partial charge is 0.435 e. The molecule has 1 fully saturated rings. The Labute approximate surface area is 260 Å².